The van der Waals surface area contributed by atoms with Crippen LogP contribution in [0.4, 0.5) is 4.39 Å². The molecule has 0 radical (unpaired) electrons. The number of halogens is 1. The van der Waals surface area contributed by atoms with Crippen LogP contribution in [0.3, 0.4) is 0 Å². The Kier molecular flexibility index (Phi) is 3.78. The van der Waals surface area contributed by atoms with Gasteiger partial charge >= 0.3 is 0 Å². The lowest BCUT2D eigenvalue weighted by atomic mass is 9.94. The summed E-state index contributed by atoms with van der Waals surface area (Å²) >= 11 is 0. The predicted molar refractivity (Wildman–Crippen MR) is 93.2 cm³/mol. The van der Waals surface area contributed by atoms with E-state index in [1.54, 1.807) is 30.3 Å². The fraction of sp³-hybridized carbons (Fsp3) is 0.263. The van der Waals surface area contributed by atoms with Gasteiger partial charge in [-0.2, -0.15) is 10.5 Å². The maximum absolute atomic E-state index is 15.4. The van der Waals surface area contributed by atoms with Gasteiger partial charge in [0.25, 0.3) is 0 Å². The van der Waals surface area contributed by atoms with Crippen LogP contribution in [0.5, 0.6) is 0 Å². The molecule has 0 spiro atoms. The Labute approximate surface area is 149 Å². The molecule has 1 fully saturated rings. The van der Waals surface area contributed by atoms with Gasteiger partial charge in [-0.25, -0.2) is 14.4 Å². The number of hydrogen-bond acceptors (Lipinski definition) is 5. The first-order chi connectivity index (χ1) is 12.6. The number of H-pyrrole nitrogens is 1. The Morgan fingerprint density at radius 3 is 2.88 bits per heavy atom. The summed E-state index contributed by atoms with van der Waals surface area (Å²) in [6.45, 7) is 0.570. The second kappa shape index (κ2) is 6.12. The highest BCUT2D eigenvalue weighted by Crippen LogP contribution is 2.34. The number of aromatic amines is 1. The zero-order valence-corrected chi connectivity index (χ0v) is 13.9. The standard InChI is InChI=1S/C19H15FN6/c20-19(7-2-8-26(11-19)12-22)18-24-16-6-5-15(23-17(16)25-18)14-4-1-3-13(9-14)10-21/h1,3-6,9H,2,7-8,11H2,(H,23,24,25). The van der Waals surface area contributed by atoms with Gasteiger partial charge in [-0.15, -0.1) is 0 Å². The largest absolute Gasteiger partial charge is 0.324 e. The summed E-state index contributed by atoms with van der Waals surface area (Å²) in [6.07, 6.45) is 2.93. The molecule has 1 atom stereocenters. The molecule has 0 aliphatic carbocycles. The fourth-order valence-corrected chi connectivity index (χ4v) is 3.30. The van der Waals surface area contributed by atoms with Gasteiger partial charge in [0.05, 0.1) is 23.9 Å². The van der Waals surface area contributed by atoms with Crippen molar-refractivity contribution in [2.24, 2.45) is 0 Å². The molecule has 3 heterocycles. The minimum atomic E-state index is -1.68. The van der Waals surface area contributed by atoms with E-state index < -0.39 is 5.67 Å². The Bertz CT molecular complexity index is 1060. The number of imidazole rings is 1. The minimum absolute atomic E-state index is 0.000391. The van der Waals surface area contributed by atoms with Gasteiger partial charge in [0.2, 0.25) is 0 Å². The maximum atomic E-state index is 15.4. The van der Waals surface area contributed by atoms with E-state index in [0.717, 1.165) is 5.56 Å². The average molecular weight is 346 g/mol. The second-order valence-corrected chi connectivity index (χ2v) is 6.43. The molecule has 1 saturated heterocycles. The summed E-state index contributed by atoms with van der Waals surface area (Å²) in [4.78, 5) is 13.3. The molecule has 0 saturated carbocycles. The van der Waals surface area contributed by atoms with Gasteiger partial charge in [0.1, 0.15) is 11.3 Å². The van der Waals surface area contributed by atoms with Gasteiger partial charge in [-0.05, 0) is 37.1 Å². The first kappa shape index (κ1) is 16.0. The van der Waals surface area contributed by atoms with Crippen LogP contribution in [-0.2, 0) is 5.67 Å². The number of rotatable bonds is 2. The molecular formula is C19H15FN6. The topological polar surface area (TPSA) is 92.4 Å². The van der Waals surface area contributed by atoms with Crippen molar-refractivity contribution in [3.8, 4) is 23.5 Å². The Hall–Kier alpha value is -3.45. The van der Waals surface area contributed by atoms with Crippen molar-refractivity contribution in [3.05, 3.63) is 47.8 Å². The van der Waals surface area contributed by atoms with Crippen molar-refractivity contribution in [3.63, 3.8) is 0 Å². The van der Waals surface area contributed by atoms with Gasteiger partial charge in [-0.3, -0.25) is 0 Å². The number of nitriles is 2. The van der Waals surface area contributed by atoms with Gasteiger partial charge in [0, 0.05) is 12.1 Å². The third-order valence-corrected chi connectivity index (χ3v) is 4.64. The van der Waals surface area contributed by atoms with Crippen LogP contribution in [0, 0.1) is 22.8 Å². The van der Waals surface area contributed by atoms with E-state index in [0.29, 0.717) is 41.8 Å². The SMILES string of the molecule is N#Cc1cccc(-c2ccc3nc(C4(F)CCCN(C#N)C4)[nH]c3n2)c1. The van der Waals surface area contributed by atoms with E-state index >= 15 is 4.39 Å². The van der Waals surface area contributed by atoms with E-state index in [4.69, 9.17) is 10.5 Å². The van der Waals surface area contributed by atoms with Crippen LogP contribution in [0.25, 0.3) is 22.4 Å². The third kappa shape index (κ3) is 2.74. The molecule has 4 rings (SSSR count). The first-order valence-electron chi connectivity index (χ1n) is 8.33. The maximum Gasteiger partial charge on any atom is 0.186 e. The number of piperidine rings is 1. The van der Waals surface area contributed by atoms with Crippen LogP contribution in [0.2, 0.25) is 0 Å². The van der Waals surface area contributed by atoms with Gasteiger partial charge < -0.3 is 9.88 Å². The molecule has 128 valence electrons. The van der Waals surface area contributed by atoms with Crippen LogP contribution in [0.15, 0.2) is 36.4 Å². The van der Waals surface area contributed by atoms with Gasteiger partial charge in [0.15, 0.2) is 17.5 Å². The van der Waals surface area contributed by atoms with Crippen molar-refractivity contribution in [2.45, 2.75) is 18.5 Å². The Balaban J connectivity index is 1.72. The molecule has 6 nitrogen and oxygen atoms in total. The van der Waals surface area contributed by atoms with Crippen molar-refractivity contribution in [2.75, 3.05) is 13.1 Å². The van der Waals surface area contributed by atoms with E-state index in [1.165, 1.54) is 4.90 Å². The fourth-order valence-electron chi connectivity index (χ4n) is 3.30. The first-order valence-corrected chi connectivity index (χ1v) is 8.33. The van der Waals surface area contributed by atoms with Crippen LogP contribution >= 0.6 is 0 Å². The quantitative estimate of drug-likeness (QED) is 0.719. The second-order valence-electron chi connectivity index (χ2n) is 6.43. The van der Waals surface area contributed by atoms with Crippen LogP contribution in [0.1, 0.15) is 24.2 Å². The highest BCUT2D eigenvalue weighted by Gasteiger charge is 2.40. The van der Waals surface area contributed by atoms with Crippen molar-refractivity contribution in [1.82, 2.24) is 19.9 Å². The number of pyridine rings is 1. The summed E-state index contributed by atoms with van der Waals surface area (Å²) in [6, 6.07) is 12.8. The highest BCUT2D eigenvalue weighted by atomic mass is 19.1. The predicted octanol–water partition coefficient (Wildman–Crippen LogP) is 3.24. The molecule has 1 unspecified atom stereocenters. The number of likely N-dealkylation sites (tertiary alicyclic amines) is 1. The lowest BCUT2D eigenvalue weighted by Crippen LogP contribution is -2.41. The molecule has 7 heteroatoms. The summed E-state index contributed by atoms with van der Waals surface area (Å²) < 4.78 is 15.4. The number of alkyl halides is 1. The lowest BCUT2D eigenvalue weighted by Gasteiger charge is -2.32. The average Bonchev–Trinajstić information content (AvgIpc) is 3.12. The zero-order valence-electron chi connectivity index (χ0n) is 13.9. The number of fused-ring (bicyclic) bond motifs is 1. The molecule has 0 bridgehead atoms. The summed E-state index contributed by atoms with van der Waals surface area (Å²) in [5.41, 5.74) is 1.43. The number of nitrogens with zero attached hydrogens (tertiary/aromatic N) is 5. The molecule has 1 aliphatic heterocycles. The molecule has 1 aromatic carbocycles. The Morgan fingerprint density at radius 2 is 2.08 bits per heavy atom. The molecule has 0 amide bonds. The molecule has 2 aromatic heterocycles. The summed E-state index contributed by atoms with van der Waals surface area (Å²) in [5.74, 6) is 0.211. The molecular weight excluding hydrogens is 331 g/mol. The van der Waals surface area contributed by atoms with Crippen molar-refractivity contribution >= 4 is 11.2 Å². The highest BCUT2D eigenvalue weighted by molar-refractivity contribution is 5.75. The number of nitrogens with one attached hydrogen (secondary N) is 1. The monoisotopic (exact) mass is 346 g/mol. The smallest absolute Gasteiger partial charge is 0.186 e. The number of benzene rings is 1. The van der Waals surface area contributed by atoms with Crippen LogP contribution < -0.4 is 0 Å². The number of hydrogen-bond donors (Lipinski definition) is 1. The number of aromatic nitrogens is 3. The van der Waals surface area contributed by atoms with E-state index in [9.17, 15) is 0 Å². The summed E-state index contributed by atoms with van der Waals surface area (Å²) in [7, 11) is 0. The molecule has 1 aliphatic rings. The third-order valence-electron chi connectivity index (χ3n) is 4.64. The minimum Gasteiger partial charge on any atom is -0.324 e. The van der Waals surface area contributed by atoms with E-state index in [1.807, 2.05) is 12.3 Å². The van der Waals surface area contributed by atoms with E-state index in [-0.39, 0.29) is 12.4 Å². The summed E-state index contributed by atoms with van der Waals surface area (Å²) in [5, 5.41) is 18.1. The van der Waals surface area contributed by atoms with Gasteiger partial charge in [-0.1, -0.05) is 12.1 Å². The molecule has 3 aromatic rings. The lowest BCUT2D eigenvalue weighted by molar-refractivity contribution is 0.0627. The Morgan fingerprint density at radius 1 is 1.19 bits per heavy atom. The van der Waals surface area contributed by atoms with Crippen molar-refractivity contribution < 1.29 is 4.39 Å². The van der Waals surface area contributed by atoms with E-state index in [2.05, 4.69) is 21.0 Å². The molecule has 1 N–H and O–H groups in total. The normalized spacial score (nSPS) is 19.9. The van der Waals surface area contributed by atoms with Crippen LogP contribution in [-0.4, -0.2) is 32.9 Å². The van der Waals surface area contributed by atoms with Crippen molar-refractivity contribution in [1.29, 1.82) is 10.5 Å². The zero-order chi connectivity index (χ0) is 18.1. The molecule has 26 heavy (non-hydrogen) atoms.